The molecule has 2 heterocycles. The van der Waals surface area contributed by atoms with Gasteiger partial charge in [0.25, 0.3) is 0 Å². The summed E-state index contributed by atoms with van der Waals surface area (Å²) in [6.45, 7) is 3.56. The lowest BCUT2D eigenvalue weighted by molar-refractivity contribution is 0.143. The summed E-state index contributed by atoms with van der Waals surface area (Å²) in [6, 6.07) is 4.59. The van der Waals surface area contributed by atoms with Crippen molar-refractivity contribution in [2.45, 2.75) is 38.3 Å². The minimum absolute atomic E-state index is 0.504. The van der Waals surface area contributed by atoms with E-state index in [4.69, 9.17) is 22.1 Å². The maximum Gasteiger partial charge on any atom is 0.127 e. The summed E-state index contributed by atoms with van der Waals surface area (Å²) in [5.41, 5.74) is 8.37. The van der Waals surface area contributed by atoms with E-state index in [9.17, 15) is 0 Å². The minimum Gasteiger partial charge on any atom is -0.493 e. The fraction of sp³-hybridized carbons (Fsp3) is 0.600. The van der Waals surface area contributed by atoms with E-state index < -0.39 is 0 Å². The number of halogens is 1. The predicted molar refractivity (Wildman–Crippen MR) is 77.8 cm³/mol. The molecule has 4 heteroatoms. The highest BCUT2D eigenvalue weighted by Crippen LogP contribution is 2.34. The molecular formula is C15H21ClN2O. The Morgan fingerprint density at radius 2 is 2.26 bits per heavy atom. The van der Waals surface area contributed by atoms with Crippen LogP contribution < -0.4 is 10.5 Å². The van der Waals surface area contributed by atoms with E-state index in [0.29, 0.717) is 6.04 Å². The largest absolute Gasteiger partial charge is 0.493 e. The van der Waals surface area contributed by atoms with Gasteiger partial charge in [-0.3, -0.25) is 4.90 Å². The molecule has 1 saturated heterocycles. The highest BCUT2D eigenvalue weighted by atomic mass is 35.5. The Morgan fingerprint density at radius 3 is 3.11 bits per heavy atom. The van der Waals surface area contributed by atoms with Crippen molar-refractivity contribution in [1.82, 2.24) is 4.90 Å². The van der Waals surface area contributed by atoms with E-state index in [0.717, 1.165) is 43.4 Å². The number of hydrogen-bond donors (Lipinski definition) is 1. The maximum absolute atomic E-state index is 6.22. The van der Waals surface area contributed by atoms with Gasteiger partial charge in [-0.05, 0) is 37.1 Å². The zero-order valence-electron chi connectivity index (χ0n) is 11.2. The van der Waals surface area contributed by atoms with E-state index in [2.05, 4.69) is 4.90 Å². The van der Waals surface area contributed by atoms with Crippen molar-refractivity contribution in [2.24, 2.45) is 5.73 Å². The third-order valence-electron chi connectivity index (χ3n) is 4.22. The molecule has 1 fully saturated rings. The molecule has 0 amide bonds. The molecule has 1 atom stereocenters. The Bertz CT molecular complexity index is 464. The first-order valence-corrected chi connectivity index (χ1v) is 7.54. The van der Waals surface area contributed by atoms with E-state index in [1.165, 1.54) is 30.4 Å². The lowest BCUT2D eigenvalue weighted by Crippen LogP contribution is -2.43. The van der Waals surface area contributed by atoms with Gasteiger partial charge in [0.1, 0.15) is 5.75 Å². The smallest absolute Gasteiger partial charge is 0.127 e. The summed E-state index contributed by atoms with van der Waals surface area (Å²) in [5.74, 6) is 1.06. The van der Waals surface area contributed by atoms with Crippen LogP contribution >= 0.6 is 11.6 Å². The van der Waals surface area contributed by atoms with Crippen LogP contribution in [0.4, 0.5) is 0 Å². The third kappa shape index (κ3) is 2.73. The third-order valence-corrected chi connectivity index (χ3v) is 4.44. The number of rotatable bonds is 3. The summed E-state index contributed by atoms with van der Waals surface area (Å²) in [4.78, 5) is 2.48. The normalized spacial score (nSPS) is 23.2. The molecule has 0 aliphatic carbocycles. The van der Waals surface area contributed by atoms with Crippen LogP contribution in [-0.2, 0) is 13.0 Å². The van der Waals surface area contributed by atoms with Crippen molar-refractivity contribution in [1.29, 1.82) is 0 Å². The average molecular weight is 281 g/mol. The molecular weight excluding hydrogens is 260 g/mol. The lowest BCUT2D eigenvalue weighted by Gasteiger charge is -2.35. The van der Waals surface area contributed by atoms with Gasteiger partial charge in [-0.1, -0.05) is 18.0 Å². The van der Waals surface area contributed by atoms with Gasteiger partial charge in [0.15, 0.2) is 0 Å². The van der Waals surface area contributed by atoms with E-state index in [-0.39, 0.29) is 0 Å². The summed E-state index contributed by atoms with van der Waals surface area (Å²) in [5, 5.41) is 0.820. The molecule has 0 aromatic heterocycles. The number of likely N-dealkylation sites (tertiary alicyclic amines) is 1. The minimum atomic E-state index is 0.504. The van der Waals surface area contributed by atoms with Gasteiger partial charge in [0, 0.05) is 36.1 Å². The van der Waals surface area contributed by atoms with Gasteiger partial charge in [0.2, 0.25) is 0 Å². The molecule has 3 rings (SSSR count). The topological polar surface area (TPSA) is 38.5 Å². The van der Waals surface area contributed by atoms with Gasteiger partial charge in [-0.2, -0.15) is 0 Å². The number of nitrogens with two attached hydrogens (primary N) is 1. The summed E-state index contributed by atoms with van der Waals surface area (Å²) < 4.78 is 5.78. The second kappa shape index (κ2) is 5.70. The van der Waals surface area contributed by atoms with Crippen molar-refractivity contribution in [3.8, 4) is 5.75 Å². The zero-order valence-corrected chi connectivity index (χ0v) is 12.0. The number of piperidine rings is 1. The van der Waals surface area contributed by atoms with E-state index >= 15 is 0 Å². The second-order valence-electron chi connectivity index (χ2n) is 5.51. The first kappa shape index (κ1) is 13.2. The van der Waals surface area contributed by atoms with Crippen molar-refractivity contribution >= 4 is 11.6 Å². The van der Waals surface area contributed by atoms with Crippen molar-refractivity contribution < 1.29 is 4.74 Å². The molecule has 0 radical (unpaired) electrons. The van der Waals surface area contributed by atoms with Gasteiger partial charge < -0.3 is 10.5 Å². The molecule has 3 nitrogen and oxygen atoms in total. The van der Waals surface area contributed by atoms with Crippen molar-refractivity contribution in [3.05, 3.63) is 28.3 Å². The zero-order chi connectivity index (χ0) is 13.2. The van der Waals surface area contributed by atoms with Crippen LogP contribution in [0.5, 0.6) is 5.75 Å². The fourth-order valence-electron chi connectivity index (χ4n) is 3.22. The standard InChI is InChI=1S/C15H21ClN2O/c16-13-7-11-4-6-19-15(11)12(8-13)10-18-5-2-1-3-14(18)9-17/h7-8,14H,1-6,9-10,17H2. The Hall–Kier alpha value is -0.770. The van der Waals surface area contributed by atoms with Crippen LogP contribution in [0.3, 0.4) is 0 Å². The second-order valence-corrected chi connectivity index (χ2v) is 5.94. The Kier molecular flexibility index (Phi) is 3.96. The molecule has 2 aliphatic rings. The summed E-state index contributed by atoms with van der Waals surface area (Å²) in [7, 11) is 0. The monoisotopic (exact) mass is 280 g/mol. The molecule has 2 aliphatic heterocycles. The Labute approximate surface area is 119 Å². The van der Waals surface area contributed by atoms with Crippen LogP contribution in [0.2, 0.25) is 5.02 Å². The molecule has 1 unspecified atom stereocenters. The molecule has 104 valence electrons. The highest BCUT2D eigenvalue weighted by molar-refractivity contribution is 6.30. The molecule has 0 spiro atoms. The van der Waals surface area contributed by atoms with Gasteiger partial charge in [-0.25, -0.2) is 0 Å². The quantitative estimate of drug-likeness (QED) is 0.925. The number of ether oxygens (including phenoxy) is 1. The molecule has 2 N–H and O–H groups in total. The lowest BCUT2D eigenvalue weighted by atomic mass is 10.0. The molecule has 0 saturated carbocycles. The van der Waals surface area contributed by atoms with Gasteiger partial charge >= 0.3 is 0 Å². The van der Waals surface area contributed by atoms with Crippen LogP contribution in [0, 0.1) is 0 Å². The number of benzene rings is 1. The molecule has 1 aromatic rings. The first-order valence-electron chi connectivity index (χ1n) is 7.16. The van der Waals surface area contributed by atoms with Crippen molar-refractivity contribution in [2.75, 3.05) is 19.7 Å². The fourth-order valence-corrected chi connectivity index (χ4v) is 3.48. The van der Waals surface area contributed by atoms with Gasteiger partial charge in [0.05, 0.1) is 6.61 Å². The van der Waals surface area contributed by atoms with Crippen LogP contribution in [0.1, 0.15) is 30.4 Å². The van der Waals surface area contributed by atoms with Crippen LogP contribution in [-0.4, -0.2) is 30.6 Å². The summed E-state index contributed by atoms with van der Waals surface area (Å²) >= 11 is 6.22. The highest BCUT2D eigenvalue weighted by Gasteiger charge is 2.24. The molecule has 1 aromatic carbocycles. The number of hydrogen-bond acceptors (Lipinski definition) is 3. The molecule has 19 heavy (non-hydrogen) atoms. The van der Waals surface area contributed by atoms with Crippen molar-refractivity contribution in [3.63, 3.8) is 0 Å². The van der Waals surface area contributed by atoms with Crippen LogP contribution in [0.15, 0.2) is 12.1 Å². The summed E-state index contributed by atoms with van der Waals surface area (Å²) in [6.07, 6.45) is 4.74. The number of fused-ring (bicyclic) bond motifs is 1. The Morgan fingerprint density at radius 1 is 1.37 bits per heavy atom. The van der Waals surface area contributed by atoms with E-state index in [1.807, 2.05) is 12.1 Å². The average Bonchev–Trinajstić information content (AvgIpc) is 2.87. The van der Waals surface area contributed by atoms with Crippen LogP contribution in [0.25, 0.3) is 0 Å². The van der Waals surface area contributed by atoms with E-state index in [1.54, 1.807) is 0 Å². The Balaban J connectivity index is 1.82. The maximum atomic E-state index is 6.22. The first-order chi connectivity index (χ1) is 9.28. The number of nitrogens with zero attached hydrogens (tertiary/aromatic N) is 1. The van der Waals surface area contributed by atoms with Gasteiger partial charge in [-0.15, -0.1) is 0 Å². The molecule has 0 bridgehead atoms. The SMILES string of the molecule is NCC1CCCCN1Cc1cc(Cl)cc2c1OCC2. The predicted octanol–water partition coefficient (Wildman–Crippen LogP) is 2.59.